The van der Waals surface area contributed by atoms with Crippen LogP contribution in [-0.2, 0) is 19.6 Å². The van der Waals surface area contributed by atoms with Crippen LogP contribution in [0.25, 0.3) is 0 Å². The molecule has 2 aromatic carbocycles. The van der Waals surface area contributed by atoms with Crippen LogP contribution in [0.2, 0.25) is 0 Å². The van der Waals surface area contributed by atoms with E-state index >= 15 is 0 Å². The van der Waals surface area contributed by atoms with Gasteiger partial charge in [0, 0.05) is 18.3 Å². The largest absolute Gasteiger partial charge is 0.486 e. The molecule has 1 heterocycles. The maximum atomic E-state index is 13.1. The average Bonchev–Trinajstić information content (AvgIpc) is 2.76. The molecule has 0 radical (unpaired) electrons. The fourth-order valence-corrected chi connectivity index (χ4v) is 4.54. The summed E-state index contributed by atoms with van der Waals surface area (Å²) in [5, 5.41) is 2.66. The Balaban J connectivity index is 1.78. The molecule has 2 aromatic rings. The molecule has 1 aliphatic rings. The summed E-state index contributed by atoms with van der Waals surface area (Å²) in [7, 11) is -2.94. The van der Waals surface area contributed by atoms with Crippen molar-refractivity contribution in [3.8, 4) is 11.5 Å². The fourth-order valence-electron chi connectivity index (χ4n) is 2.96. The number of hydrogen-bond donors (Lipinski definition) is 1. The van der Waals surface area contributed by atoms with E-state index in [1.54, 1.807) is 25.1 Å². The number of esters is 1. The van der Waals surface area contributed by atoms with Crippen molar-refractivity contribution in [2.24, 2.45) is 0 Å². The second-order valence-corrected chi connectivity index (χ2v) is 8.23. The van der Waals surface area contributed by atoms with Crippen LogP contribution in [0.15, 0.2) is 47.4 Å². The van der Waals surface area contributed by atoms with E-state index in [0.29, 0.717) is 30.4 Å². The van der Waals surface area contributed by atoms with Crippen molar-refractivity contribution in [2.45, 2.75) is 11.8 Å². The van der Waals surface area contributed by atoms with Gasteiger partial charge in [0.25, 0.3) is 0 Å². The third-order valence-electron chi connectivity index (χ3n) is 4.41. The molecule has 0 bridgehead atoms. The zero-order valence-corrected chi connectivity index (χ0v) is 17.4. The van der Waals surface area contributed by atoms with Gasteiger partial charge in [0.1, 0.15) is 13.2 Å². The smallest absolute Gasteiger partial charge is 0.339 e. The molecule has 0 atom stereocenters. The zero-order valence-electron chi connectivity index (χ0n) is 16.6. The van der Waals surface area contributed by atoms with Crippen molar-refractivity contribution in [3.05, 3.63) is 48.0 Å². The SMILES string of the molecule is CCN(CC(=O)Nc1ccc2c(c1)OCCO2)S(=O)(=O)c1ccccc1C(=O)OC. The van der Waals surface area contributed by atoms with Crippen molar-refractivity contribution < 1.29 is 32.2 Å². The van der Waals surface area contributed by atoms with Gasteiger partial charge < -0.3 is 19.5 Å². The van der Waals surface area contributed by atoms with E-state index in [1.165, 1.54) is 31.4 Å². The Kier molecular flexibility index (Phi) is 6.58. The Bertz CT molecular complexity index is 1050. The molecule has 0 aliphatic carbocycles. The fraction of sp³-hybridized carbons (Fsp3) is 0.300. The molecule has 0 aromatic heterocycles. The minimum absolute atomic E-state index is 0.0341. The standard InChI is InChI=1S/C20H22N2O7S/c1-3-22(30(25,26)18-7-5-4-6-15(18)20(24)27-2)13-19(23)21-14-8-9-16-17(12-14)29-11-10-28-16/h4-9,12H,3,10-11,13H2,1-2H3,(H,21,23). The molecule has 3 rings (SSSR count). The number of nitrogens with zero attached hydrogens (tertiary/aromatic N) is 1. The summed E-state index contributed by atoms with van der Waals surface area (Å²) in [5.74, 6) is -0.221. The summed E-state index contributed by atoms with van der Waals surface area (Å²) in [6.45, 7) is 2.08. The van der Waals surface area contributed by atoms with Gasteiger partial charge in [0.2, 0.25) is 15.9 Å². The molecule has 1 N–H and O–H groups in total. The molecule has 1 aliphatic heterocycles. The number of anilines is 1. The van der Waals surface area contributed by atoms with Crippen LogP contribution < -0.4 is 14.8 Å². The molecule has 160 valence electrons. The van der Waals surface area contributed by atoms with Crippen molar-refractivity contribution >= 4 is 27.6 Å². The van der Waals surface area contributed by atoms with Crippen LogP contribution in [0, 0.1) is 0 Å². The molecule has 1 amide bonds. The van der Waals surface area contributed by atoms with Crippen molar-refractivity contribution in [3.63, 3.8) is 0 Å². The lowest BCUT2D eigenvalue weighted by Gasteiger charge is -2.22. The number of rotatable bonds is 7. The molecule has 30 heavy (non-hydrogen) atoms. The van der Waals surface area contributed by atoms with Gasteiger partial charge in [-0.15, -0.1) is 0 Å². The quantitative estimate of drug-likeness (QED) is 0.663. The monoisotopic (exact) mass is 434 g/mol. The predicted molar refractivity (Wildman–Crippen MR) is 108 cm³/mol. The van der Waals surface area contributed by atoms with E-state index in [4.69, 9.17) is 9.47 Å². The van der Waals surface area contributed by atoms with Crippen molar-refractivity contribution in [1.29, 1.82) is 0 Å². The number of carbonyl (C=O) groups excluding carboxylic acids is 2. The van der Waals surface area contributed by atoms with Crippen molar-refractivity contribution in [2.75, 3.05) is 38.7 Å². The van der Waals surface area contributed by atoms with Crippen molar-refractivity contribution in [1.82, 2.24) is 4.31 Å². The minimum atomic E-state index is -4.11. The molecule has 0 fully saturated rings. The Morgan fingerprint density at radius 2 is 1.80 bits per heavy atom. The Morgan fingerprint density at radius 1 is 1.10 bits per heavy atom. The summed E-state index contributed by atoms with van der Waals surface area (Å²) in [4.78, 5) is 24.3. The highest BCUT2D eigenvalue weighted by atomic mass is 32.2. The Labute approximate surface area is 174 Å². The maximum Gasteiger partial charge on any atom is 0.339 e. The Morgan fingerprint density at radius 3 is 2.50 bits per heavy atom. The summed E-state index contributed by atoms with van der Waals surface area (Å²) >= 11 is 0. The third kappa shape index (κ3) is 4.55. The van der Waals surface area contributed by atoms with Crippen LogP contribution in [0.1, 0.15) is 17.3 Å². The molecule has 0 saturated heterocycles. The van der Waals surface area contributed by atoms with Gasteiger partial charge in [-0.25, -0.2) is 13.2 Å². The normalized spacial score (nSPS) is 13.0. The third-order valence-corrected chi connectivity index (χ3v) is 6.39. The van der Waals surface area contributed by atoms with E-state index in [-0.39, 0.29) is 17.0 Å². The van der Waals surface area contributed by atoms with Crippen LogP contribution in [-0.4, -0.2) is 58.0 Å². The number of hydrogen-bond acceptors (Lipinski definition) is 7. The van der Waals surface area contributed by atoms with Gasteiger partial charge in [-0.3, -0.25) is 4.79 Å². The summed E-state index contributed by atoms with van der Waals surface area (Å²) < 4.78 is 42.7. The highest BCUT2D eigenvalue weighted by Gasteiger charge is 2.29. The number of ether oxygens (including phenoxy) is 3. The number of methoxy groups -OCH3 is 1. The van der Waals surface area contributed by atoms with E-state index in [2.05, 4.69) is 10.1 Å². The highest BCUT2D eigenvalue weighted by molar-refractivity contribution is 7.89. The van der Waals surface area contributed by atoms with Gasteiger partial charge in [-0.2, -0.15) is 4.31 Å². The summed E-state index contributed by atoms with van der Waals surface area (Å²) in [5.41, 5.74) is 0.360. The lowest BCUT2D eigenvalue weighted by molar-refractivity contribution is -0.116. The topological polar surface area (TPSA) is 111 Å². The minimum Gasteiger partial charge on any atom is -0.486 e. The van der Waals surface area contributed by atoms with Gasteiger partial charge in [0.05, 0.1) is 24.1 Å². The highest BCUT2D eigenvalue weighted by Crippen LogP contribution is 2.32. The number of carbonyl (C=O) groups is 2. The van der Waals surface area contributed by atoms with E-state index in [1.807, 2.05) is 0 Å². The van der Waals surface area contributed by atoms with Gasteiger partial charge in [-0.1, -0.05) is 19.1 Å². The first-order valence-corrected chi connectivity index (χ1v) is 10.7. The predicted octanol–water partition coefficient (Wildman–Crippen LogP) is 1.89. The first kappa shape index (κ1) is 21.6. The number of amides is 1. The lowest BCUT2D eigenvalue weighted by atomic mass is 10.2. The first-order chi connectivity index (χ1) is 14.4. The zero-order chi connectivity index (χ0) is 21.7. The van der Waals surface area contributed by atoms with E-state index in [0.717, 1.165) is 4.31 Å². The van der Waals surface area contributed by atoms with Gasteiger partial charge in [-0.05, 0) is 24.3 Å². The molecule has 9 nitrogen and oxygen atoms in total. The van der Waals surface area contributed by atoms with Gasteiger partial charge in [0.15, 0.2) is 11.5 Å². The number of nitrogens with one attached hydrogen (secondary N) is 1. The molecule has 0 spiro atoms. The molecule has 0 saturated carbocycles. The number of sulfonamides is 1. The summed E-state index contributed by atoms with van der Waals surface area (Å²) in [6, 6.07) is 10.6. The summed E-state index contributed by atoms with van der Waals surface area (Å²) in [6.07, 6.45) is 0. The van der Waals surface area contributed by atoms with Crippen LogP contribution in [0.5, 0.6) is 11.5 Å². The van der Waals surface area contributed by atoms with Crippen LogP contribution >= 0.6 is 0 Å². The molecular formula is C20H22N2O7S. The number of benzene rings is 2. The molecule has 0 unspecified atom stereocenters. The van der Waals surface area contributed by atoms with Gasteiger partial charge >= 0.3 is 5.97 Å². The molecular weight excluding hydrogens is 412 g/mol. The van der Waals surface area contributed by atoms with Crippen LogP contribution in [0.3, 0.4) is 0 Å². The van der Waals surface area contributed by atoms with Crippen LogP contribution in [0.4, 0.5) is 5.69 Å². The van der Waals surface area contributed by atoms with E-state index < -0.39 is 28.4 Å². The van der Waals surface area contributed by atoms with E-state index in [9.17, 15) is 18.0 Å². The maximum absolute atomic E-state index is 13.1. The number of likely N-dealkylation sites (N-methyl/N-ethyl adjacent to an activating group) is 1. The lowest BCUT2D eigenvalue weighted by Crippen LogP contribution is -2.38. The molecule has 10 heteroatoms. The second kappa shape index (κ2) is 9.14. The number of fused-ring (bicyclic) bond motifs is 1. The average molecular weight is 434 g/mol. The second-order valence-electron chi connectivity index (χ2n) is 6.33. The first-order valence-electron chi connectivity index (χ1n) is 9.23. The Hall–Kier alpha value is -3.11.